The highest BCUT2D eigenvalue weighted by Gasteiger charge is 2.50. The third kappa shape index (κ3) is 3.75. The smallest absolute Gasteiger partial charge is 0.335 e. The van der Waals surface area contributed by atoms with Crippen LogP contribution in [0.2, 0.25) is 5.02 Å². The van der Waals surface area contributed by atoms with E-state index in [0.717, 1.165) is 18.4 Å². The summed E-state index contributed by atoms with van der Waals surface area (Å²) in [5, 5.41) is 14.0. The van der Waals surface area contributed by atoms with Gasteiger partial charge in [0.05, 0.1) is 46.7 Å². The molecule has 2 aliphatic rings. The summed E-state index contributed by atoms with van der Waals surface area (Å²) >= 11 is 6.08. The number of carboxylic acid groups (broad SMARTS) is 1. The van der Waals surface area contributed by atoms with E-state index >= 15 is 0 Å². The first-order valence-corrected chi connectivity index (χ1v) is 12.5. The Balaban J connectivity index is 1.24. The minimum absolute atomic E-state index is 0.0444. The van der Waals surface area contributed by atoms with Crippen LogP contribution in [-0.2, 0) is 18.6 Å². The Bertz CT molecular complexity index is 1620. The molecule has 3 heterocycles. The van der Waals surface area contributed by atoms with Crippen LogP contribution < -0.4 is 0 Å². The van der Waals surface area contributed by atoms with Crippen LogP contribution in [0.5, 0.6) is 0 Å². The number of carbonyl (C=O) groups excluding carboxylic acids is 2. The molecule has 0 bridgehead atoms. The maximum atomic E-state index is 13.9. The number of rotatable bonds is 5. The van der Waals surface area contributed by atoms with Crippen LogP contribution in [0.1, 0.15) is 55.3 Å². The third-order valence-corrected chi connectivity index (χ3v) is 8.03. The molecule has 6 rings (SSSR count). The van der Waals surface area contributed by atoms with Gasteiger partial charge in [-0.2, -0.15) is 5.10 Å². The highest BCUT2D eigenvalue weighted by atomic mass is 35.5. The van der Waals surface area contributed by atoms with Crippen LogP contribution in [0.4, 0.5) is 4.39 Å². The van der Waals surface area contributed by atoms with Crippen LogP contribution >= 0.6 is 11.6 Å². The largest absolute Gasteiger partial charge is 0.478 e. The van der Waals surface area contributed by atoms with Gasteiger partial charge in [0.2, 0.25) is 0 Å². The first-order valence-electron chi connectivity index (χ1n) is 12.1. The lowest BCUT2D eigenvalue weighted by molar-refractivity contribution is 0.0669. The minimum Gasteiger partial charge on any atom is -0.478 e. The molecule has 194 valence electrons. The molecule has 38 heavy (non-hydrogen) atoms. The number of benzene rings is 2. The fourth-order valence-electron chi connectivity index (χ4n) is 5.26. The van der Waals surface area contributed by atoms with Gasteiger partial charge in [-0.25, -0.2) is 9.18 Å². The molecule has 1 aliphatic carbocycles. The molecular formula is C27H23ClFN5O4. The van der Waals surface area contributed by atoms with E-state index in [1.54, 1.807) is 51.9 Å². The van der Waals surface area contributed by atoms with E-state index in [1.807, 2.05) is 0 Å². The van der Waals surface area contributed by atoms with Crippen molar-refractivity contribution < 1.29 is 23.9 Å². The zero-order chi connectivity index (χ0) is 26.8. The van der Waals surface area contributed by atoms with E-state index in [0.29, 0.717) is 35.2 Å². The van der Waals surface area contributed by atoms with Gasteiger partial charge in [0.15, 0.2) is 0 Å². The topological polar surface area (TPSA) is 112 Å². The van der Waals surface area contributed by atoms with Gasteiger partial charge in [-0.1, -0.05) is 23.7 Å². The Morgan fingerprint density at radius 1 is 1.13 bits per heavy atom. The van der Waals surface area contributed by atoms with Crippen LogP contribution in [0.15, 0.2) is 48.7 Å². The number of amides is 2. The SMILES string of the molecule is CN(C(=O)c1cnn2c1CN(C(=O)c1cc3c(Cl)c(F)ccc3[nH]1)CC2)C1(c2ccc(C(=O)O)cc2)CC1. The van der Waals surface area contributed by atoms with Crippen molar-refractivity contribution in [1.29, 1.82) is 0 Å². The molecule has 9 nitrogen and oxygen atoms in total. The number of nitrogens with zero attached hydrogens (tertiary/aromatic N) is 4. The molecule has 1 saturated carbocycles. The summed E-state index contributed by atoms with van der Waals surface area (Å²) in [7, 11) is 1.74. The van der Waals surface area contributed by atoms with Gasteiger partial charge < -0.3 is 19.9 Å². The Labute approximate surface area is 221 Å². The highest BCUT2D eigenvalue weighted by molar-refractivity contribution is 6.35. The van der Waals surface area contributed by atoms with E-state index in [1.165, 1.54) is 18.3 Å². The highest BCUT2D eigenvalue weighted by Crippen LogP contribution is 2.51. The molecule has 1 aliphatic heterocycles. The molecular weight excluding hydrogens is 513 g/mol. The van der Waals surface area contributed by atoms with Crippen LogP contribution in [0.25, 0.3) is 10.9 Å². The van der Waals surface area contributed by atoms with E-state index < -0.39 is 17.3 Å². The van der Waals surface area contributed by atoms with E-state index in [2.05, 4.69) is 10.1 Å². The lowest BCUT2D eigenvalue weighted by Gasteiger charge is -2.31. The van der Waals surface area contributed by atoms with Gasteiger partial charge >= 0.3 is 5.97 Å². The first kappa shape index (κ1) is 24.2. The molecule has 2 aromatic carbocycles. The number of H-pyrrole nitrogens is 1. The van der Waals surface area contributed by atoms with E-state index in [9.17, 15) is 23.9 Å². The number of aromatic carboxylic acids is 1. The number of hydrogen-bond donors (Lipinski definition) is 2. The molecule has 0 unspecified atom stereocenters. The number of halogens is 2. The van der Waals surface area contributed by atoms with Crippen molar-refractivity contribution in [3.05, 3.63) is 87.6 Å². The summed E-state index contributed by atoms with van der Waals surface area (Å²) in [6.07, 6.45) is 3.07. The molecule has 2 aromatic heterocycles. The lowest BCUT2D eigenvalue weighted by Crippen LogP contribution is -2.41. The van der Waals surface area contributed by atoms with Crippen molar-refractivity contribution in [2.24, 2.45) is 0 Å². The number of aromatic nitrogens is 3. The number of carboxylic acids is 1. The Morgan fingerprint density at radius 2 is 1.87 bits per heavy atom. The molecule has 0 atom stereocenters. The third-order valence-electron chi connectivity index (χ3n) is 7.65. The number of hydrogen-bond acceptors (Lipinski definition) is 4. The van der Waals surface area contributed by atoms with Gasteiger partial charge in [-0.05, 0) is 48.7 Å². The van der Waals surface area contributed by atoms with Gasteiger partial charge in [-0.3, -0.25) is 14.3 Å². The summed E-state index contributed by atoms with van der Waals surface area (Å²) in [5.41, 5.74) is 2.46. The average molecular weight is 536 g/mol. The minimum atomic E-state index is -1.00. The maximum Gasteiger partial charge on any atom is 0.335 e. The zero-order valence-electron chi connectivity index (χ0n) is 20.4. The number of nitrogens with one attached hydrogen (secondary N) is 1. The summed E-state index contributed by atoms with van der Waals surface area (Å²) in [5.74, 6) is -2.06. The van der Waals surface area contributed by atoms with E-state index in [4.69, 9.17) is 11.6 Å². The second-order valence-corrected chi connectivity index (χ2v) is 10.1. The van der Waals surface area contributed by atoms with E-state index in [-0.39, 0.29) is 34.6 Å². The molecule has 4 aromatic rings. The van der Waals surface area contributed by atoms with Crippen molar-refractivity contribution in [3.63, 3.8) is 0 Å². The fourth-order valence-corrected chi connectivity index (χ4v) is 5.48. The van der Waals surface area contributed by atoms with Crippen molar-refractivity contribution in [1.82, 2.24) is 24.6 Å². The summed E-state index contributed by atoms with van der Waals surface area (Å²) in [6, 6.07) is 10.9. The predicted molar refractivity (Wildman–Crippen MR) is 137 cm³/mol. The Kier molecular flexibility index (Phi) is 5.53. The number of carbonyl (C=O) groups is 3. The summed E-state index contributed by atoms with van der Waals surface area (Å²) in [6.45, 7) is 1.01. The number of aromatic amines is 1. The second-order valence-electron chi connectivity index (χ2n) is 9.74. The van der Waals surface area contributed by atoms with Crippen molar-refractivity contribution >= 4 is 40.3 Å². The summed E-state index contributed by atoms with van der Waals surface area (Å²) in [4.78, 5) is 44.6. The van der Waals surface area contributed by atoms with Gasteiger partial charge in [-0.15, -0.1) is 0 Å². The molecule has 0 saturated heterocycles. The monoisotopic (exact) mass is 535 g/mol. The van der Waals surface area contributed by atoms with Crippen molar-refractivity contribution in [3.8, 4) is 0 Å². The standard InChI is InChI=1S/C27H23ClFN5O4/c1-32(27(8-9-27)16-4-2-15(3-5-16)26(37)38)24(35)18-13-30-34-11-10-33(14-22(18)34)25(36)21-12-17-20(31-21)7-6-19(29)23(17)28/h2-7,12-13,31H,8-11,14H2,1H3,(H,37,38). The van der Waals surface area contributed by atoms with Crippen molar-refractivity contribution in [2.45, 2.75) is 31.5 Å². The first-order chi connectivity index (χ1) is 18.2. The van der Waals surface area contributed by atoms with Crippen LogP contribution in [-0.4, -0.2) is 61.0 Å². The molecule has 0 radical (unpaired) electrons. The van der Waals surface area contributed by atoms with Gasteiger partial charge in [0.1, 0.15) is 11.5 Å². The molecule has 0 spiro atoms. The van der Waals surface area contributed by atoms with Crippen molar-refractivity contribution in [2.75, 3.05) is 13.6 Å². The molecule has 11 heteroatoms. The molecule has 2 N–H and O–H groups in total. The summed E-state index contributed by atoms with van der Waals surface area (Å²) < 4.78 is 15.6. The molecule has 1 fully saturated rings. The predicted octanol–water partition coefficient (Wildman–Crippen LogP) is 4.27. The number of fused-ring (bicyclic) bond motifs is 2. The van der Waals surface area contributed by atoms with Gasteiger partial charge in [0.25, 0.3) is 11.8 Å². The zero-order valence-corrected chi connectivity index (χ0v) is 21.1. The fraction of sp³-hybridized carbons (Fsp3) is 0.259. The lowest BCUT2D eigenvalue weighted by atomic mass is 10.0. The quantitative estimate of drug-likeness (QED) is 0.396. The van der Waals surface area contributed by atoms with Crippen LogP contribution in [0, 0.1) is 5.82 Å². The normalized spacial score (nSPS) is 15.8. The van der Waals surface area contributed by atoms with Gasteiger partial charge in [0, 0.05) is 24.5 Å². The van der Waals surface area contributed by atoms with Crippen LogP contribution in [0.3, 0.4) is 0 Å². The Morgan fingerprint density at radius 3 is 2.55 bits per heavy atom. The molecule has 2 amide bonds. The Hall–Kier alpha value is -4.18. The average Bonchev–Trinajstić information content (AvgIpc) is 3.44. The second kappa shape index (κ2) is 8.70. The maximum absolute atomic E-state index is 13.9.